The molecule has 4 heterocycles. The van der Waals surface area contributed by atoms with Crippen LogP contribution in [-0.2, 0) is 4.74 Å². The van der Waals surface area contributed by atoms with Gasteiger partial charge >= 0.3 is 0 Å². The molecule has 192 valence electrons. The molecule has 2 aliphatic heterocycles. The Morgan fingerprint density at radius 2 is 2.00 bits per heavy atom. The molecule has 5 unspecified atom stereocenters. The maximum Gasteiger partial charge on any atom is 0.272 e. The Balaban J connectivity index is 1.22. The fraction of sp³-hybridized carbons (Fsp3) is 0.560. The first-order chi connectivity index (χ1) is 17.2. The van der Waals surface area contributed by atoms with Gasteiger partial charge in [-0.3, -0.25) is 9.58 Å². The van der Waals surface area contributed by atoms with Crippen molar-refractivity contribution in [3.63, 3.8) is 0 Å². The lowest BCUT2D eigenvalue weighted by molar-refractivity contribution is 0.0352. The standard InChI is InChI=1S/C25H29F3N6O2/c1-13-5-15-8-29-24(32-20-9-30-34(14(20)2)23-7-25(23,27)28)31-19(15)6-17(13)16-3-4-33(10-18(16)26)21-11-36-12-22(21)35/h5-6,8-9,16,18,21-23,35H,3-4,7,10-12H2,1-2H3,(H,29,31,32). The van der Waals surface area contributed by atoms with E-state index in [9.17, 15) is 13.9 Å². The number of rotatable bonds is 5. The van der Waals surface area contributed by atoms with Crippen LogP contribution in [0.5, 0.6) is 0 Å². The summed E-state index contributed by atoms with van der Waals surface area (Å²) in [6.07, 6.45) is 2.00. The molecule has 0 amide bonds. The molecule has 8 nitrogen and oxygen atoms in total. The first-order valence-electron chi connectivity index (χ1n) is 12.3. The third kappa shape index (κ3) is 4.12. The molecule has 5 atom stereocenters. The molecular formula is C25H29F3N6O2. The molecule has 3 aromatic rings. The second-order valence-corrected chi connectivity index (χ2v) is 10.2. The van der Waals surface area contributed by atoms with Crippen LogP contribution in [0.15, 0.2) is 24.5 Å². The quantitative estimate of drug-likeness (QED) is 0.551. The number of alkyl halides is 3. The van der Waals surface area contributed by atoms with E-state index in [-0.39, 0.29) is 24.9 Å². The van der Waals surface area contributed by atoms with E-state index in [0.717, 1.165) is 16.5 Å². The highest BCUT2D eigenvalue weighted by molar-refractivity contribution is 5.81. The Morgan fingerprint density at radius 1 is 1.19 bits per heavy atom. The molecule has 3 aliphatic rings. The zero-order valence-corrected chi connectivity index (χ0v) is 20.2. The Bertz CT molecular complexity index is 1300. The van der Waals surface area contributed by atoms with Gasteiger partial charge in [0.25, 0.3) is 5.92 Å². The number of nitrogens with zero attached hydrogens (tertiary/aromatic N) is 5. The third-order valence-electron chi connectivity index (χ3n) is 7.81. The number of fused-ring (bicyclic) bond motifs is 1. The molecule has 6 rings (SSSR count). The number of anilines is 2. The van der Waals surface area contributed by atoms with Crippen molar-refractivity contribution in [3.8, 4) is 0 Å². The Kier molecular flexibility index (Phi) is 5.69. The minimum Gasteiger partial charge on any atom is -0.389 e. The van der Waals surface area contributed by atoms with E-state index >= 15 is 4.39 Å². The topological polar surface area (TPSA) is 88.3 Å². The van der Waals surface area contributed by atoms with Crippen molar-refractivity contribution in [1.82, 2.24) is 24.6 Å². The van der Waals surface area contributed by atoms with Gasteiger partial charge in [0, 0.05) is 30.5 Å². The van der Waals surface area contributed by atoms with Crippen molar-refractivity contribution in [2.75, 3.05) is 31.6 Å². The highest BCUT2D eigenvalue weighted by Crippen LogP contribution is 2.53. The molecule has 36 heavy (non-hydrogen) atoms. The predicted octanol–water partition coefficient (Wildman–Crippen LogP) is 3.65. The lowest BCUT2D eigenvalue weighted by atomic mass is 9.84. The van der Waals surface area contributed by atoms with Crippen LogP contribution in [0.2, 0.25) is 0 Å². The third-order valence-corrected chi connectivity index (χ3v) is 7.81. The van der Waals surface area contributed by atoms with Gasteiger partial charge in [-0.2, -0.15) is 5.10 Å². The number of ether oxygens (including phenoxy) is 1. The van der Waals surface area contributed by atoms with Crippen LogP contribution in [0, 0.1) is 13.8 Å². The van der Waals surface area contributed by atoms with Crippen LogP contribution in [0.25, 0.3) is 10.9 Å². The van der Waals surface area contributed by atoms with Crippen LogP contribution in [0.1, 0.15) is 41.6 Å². The maximum absolute atomic E-state index is 15.4. The van der Waals surface area contributed by atoms with Gasteiger partial charge < -0.3 is 15.2 Å². The van der Waals surface area contributed by atoms with Gasteiger partial charge in [0.1, 0.15) is 12.2 Å². The van der Waals surface area contributed by atoms with Crippen LogP contribution in [0.3, 0.4) is 0 Å². The second-order valence-electron chi connectivity index (χ2n) is 10.2. The number of nitrogens with one attached hydrogen (secondary N) is 1. The summed E-state index contributed by atoms with van der Waals surface area (Å²) in [7, 11) is 0. The van der Waals surface area contributed by atoms with Crippen LogP contribution < -0.4 is 5.32 Å². The highest BCUT2D eigenvalue weighted by atomic mass is 19.3. The molecule has 1 saturated carbocycles. The van der Waals surface area contributed by atoms with Crippen molar-refractivity contribution in [2.24, 2.45) is 0 Å². The number of aryl methyl sites for hydroxylation is 1. The number of hydrogen-bond acceptors (Lipinski definition) is 7. The maximum atomic E-state index is 15.4. The summed E-state index contributed by atoms with van der Waals surface area (Å²) < 4.78 is 49.1. The van der Waals surface area contributed by atoms with Gasteiger partial charge in [-0.25, -0.2) is 23.1 Å². The lowest BCUT2D eigenvalue weighted by Crippen LogP contribution is -2.50. The lowest BCUT2D eigenvalue weighted by Gasteiger charge is -2.39. The fourth-order valence-electron chi connectivity index (χ4n) is 5.57. The van der Waals surface area contributed by atoms with E-state index in [4.69, 9.17) is 4.74 Å². The largest absolute Gasteiger partial charge is 0.389 e. The number of hydrogen-bond donors (Lipinski definition) is 2. The number of halogens is 3. The molecular weight excluding hydrogens is 473 g/mol. The van der Waals surface area contributed by atoms with Gasteiger partial charge in [-0.1, -0.05) is 0 Å². The summed E-state index contributed by atoms with van der Waals surface area (Å²) in [6, 6.07) is 2.85. The number of aliphatic hydroxyl groups is 1. The Morgan fingerprint density at radius 3 is 2.69 bits per heavy atom. The predicted molar refractivity (Wildman–Crippen MR) is 128 cm³/mol. The van der Waals surface area contributed by atoms with Crippen molar-refractivity contribution < 1.29 is 23.0 Å². The molecule has 11 heteroatoms. The van der Waals surface area contributed by atoms with Crippen molar-refractivity contribution in [1.29, 1.82) is 0 Å². The molecule has 1 aromatic carbocycles. The number of piperidine rings is 1. The summed E-state index contributed by atoms with van der Waals surface area (Å²) in [4.78, 5) is 11.0. The number of benzene rings is 1. The normalized spacial score (nSPS) is 30.1. The average molecular weight is 503 g/mol. The van der Waals surface area contributed by atoms with Gasteiger partial charge in [0.2, 0.25) is 5.95 Å². The summed E-state index contributed by atoms with van der Waals surface area (Å²) in [6.45, 7) is 5.38. The molecule has 3 fully saturated rings. The second kappa shape index (κ2) is 8.67. The first kappa shape index (κ1) is 23.6. The SMILES string of the molecule is Cc1cc2cnc(Nc3cnn(C4CC4(F)F)c3C)nc2cc1C1CCN(C2COCC2O)CC1F. The summed E-state index contributed by atoms with van der Waals surface area (Å²) in [5.41, 5.74) is 3.75. The molecule has 2 saturated heterocycles. The van der Waals surface area contributed by atoms with Crippen LogP contribution in [-0.4, -0.2) is 80.3 Å². The number of aliphatic hydroxyl groups excluding tert-OH is 1. The van der Waals surface area contributed by atoms with E-state index in [1.807, 2.05) is 24.0 Å². The van der Waals surface area contributed by atoms with Crippen LogP contribution in [0.4, 0.5) is 24.8 Å². The van der Waals surface area contributed by atoms with E-state index in [1.165, 1.54) is 10.9 Å². The zero-order chi connectivity index (χ0) is 25.2. The Labute approximate surface area is 206 Å². The van der Waals surface area contributed by atoms with Crippen molar-refractivity contribution >= 4 is 22.5 Å². The molecule has 2 aromatic heterocycles. The minimum atomic E-state index is -2.71. The van der Waals surface area contributed by atoms with E-state index in [2.05, 4.69) is 20.4 Å². The molecule has 0 bridgehead atoms. The average Bonchev–Trinajstić information content (AvgIpc) is 3.12. The van der Waals surface area contributed by atoms with Crippen molar-refractivity contribution in [3.05, 3.63) is 41.3 Å². The summed E-state index contributed by atoms with van der Waals surface area (Å²) >= 11 is 0. The van der Waals surface area contributed by atoms with Gasteiger partial charge in [-0.15, -0.1) is 0 Å². The monoisotopic (exact) mass is 502 g/mol. The molecule has 0 spiro atoms. The van der Waals surface area contributed by atoms with Gasteiger partial charge in [-0.05, 0) is 50.1 Å². The summed E-state index contributed by atoms with van der Waals surface area (Å²) in [5, 5.41) is 18.2. The van der Waals surface area contributed by atoms with Crippen LogP contribution >= 0.6 is 0 Å². The van der Waals surface area contributed by atoms with Gasteiger partial charge in [0.15, 0.2) is 0 Å². The minimum absolute atomic E-state index is 0.151. The zero-order valence-electron chi connectivity index (χ0n) is 20.2. The fourth-order valence-corrected chi connectivity index (χ4v) is 5.57. The molecule has 2 N–H and O–H groups in total. The van der Waals surface area contributed by atoms with E-state index in [0.29, 0.717) is 49.0 Å². The highest BCUT2D eigenvalue weighted by Gasteiger charge is 2.59. The van der Waals surface area contributed by atoms with Crippen molar-refractivity contribution in [2.45, 2.75) is 62.9 Å². The van der Waals surface area contributed by atoms with Gasteiger partial charge in [0.05, 0.1) is 48.5 Å². The first-order valence-corrected chi connectivity index (χ1v) is 12.3. The van der Waals surface area contributed by atoms with E-state index < -0.39 is 24.2 Å². The van der Waals surface area contributed by atoms with E-state index in [1.54, 1.807) is 13.1 Å². The smallest absolute Gasteiger partial charge is 0.272 e. The molecule has 1 aliphatic carbocycles. The number of aromatic nitrogens is 4. The molecule has 0 radical (unpaired) electrons. The number of likely N-dealkylation sites (tertiary alicyclic amines) is 1. The summed E-state index contributed by atoms with van der Waals surface area (Å²) in [5.74, 6) is -2.65. The Hall–Kier alpha value is -2.76.